The van der Waals surface area contributed by atoms with Crippen LogP contribution in [-0.4, -0.2) is 23.7 Å². The summed E-state index contributed by atoms with van der Waals surface area (Å²) in [4.78, 5) is 23.4. The first-order valence-corrected chi connectivity index (χ1v) is 6.81. The van der Waals surface area contributed by atoms with Gasteiger partial charge in [-0.25, -0.2) is 0 Å². The van der Waals surface area contributed by atoms with E-state index in [0.717, 1.165) is 4.47 Å². The number of carbonyl (C=O) groups excluding carboxylic acids is 2. The Balaban J connectivity index is 3.04. The van der Waals surface area contributed by atoms with Crippen LogP contribution in [0.25, 0.3) is 0 Å². The standard InChI is InChI=1S/C13H14BrClO3/c1-3-18-12(16)6-9-4-5-10(14)7-11(9)13(17)8(2)15/h4-5,7-8H,3,6H2,1-2H3. The molecule has 3 nitrogen and oxygen atoms in total. The van der Waals surface area contributed by atoms with Gasteiger partial charge in [0.05, 0.1) is 18.4 Å². The van der Waals surface area contributed by atoms with Gasteiger partial charge in [-0.05, 0) is 31.5 Å². The normalized spacial score (nSPS) is 12.0. The van der Waals surface area contributed by atoms with E-state index in [1.54, 1.807) is 32.0 Å². The van der Waals surface area contributed by atoms with Crippen LogP contribution < -0.4 is 0 Å². The fraction of sp³-hybridized carbons (Fsp3) is 0.385. The van der Waals surface area contributed by atoms with E-state index in [1.807, 2.05) is 0 Å². The molecular weight excluding hydrogens is 319 g/mol. The summed E-state index contributed by atoms with van der Waals surface area (Å²) in [7, 11) is 0. The maximum Gasteiger partial charge on any atom is 0.310 e. The third-order valence-electron chi connectivity index (χ3n) is 2.34. The number of halogens is 2. The van der Waals surface area contributed by atoms with E-state index < -0.39 is 5.38 Å². The summed E-state index contributed by atoms with van der Waals surface area (Å²) >= 11 is 9.10. The van der Waals surface area contributed by atoms with Gasteiger partial charge in [0.15, 0.2) is 5.78 Å². The molecule has 1 aromatic carbocycles. The number of rotatable bonds is 5. The summed E-state index contributed by atoms with van der Waals surface area (Å²) < 4.78 is 5.65. The highest BCUT2D eigenvalue weighted by Crippen LogP contribution is 2.20. The molecule has 1 aromatic rings. The molecular formula is C13H14BrClO3. The molecule has 98 valence electrons. The van der Waals surface area contributed by atoms with Gasteiger partial charge in [-0.3, -0.25) is 9.59 Å². The molecule has 1 rings (SSSR count). The summed E-state index contributed by atoms with van der Waals surface area (Å²) in [6.07, 6.45) is 0.0752. The van der Waals surface area contributed by atoms with Crippen molar-refractivity contribution in [2.24, 2.45) is 0 Å². The van der Waals surface area contributed by atoms with Gasteiger partial charge < -0.3 is 4.74 Å². The number of alkyl halides is 1. The van der Waals surface area contributed by atoms with Crippen LogP contribution in [0.15, 0.2) is 22.7 Å². The smallest absolute Gasteiger partial charge is 0.310 e. The van der Waals surface area contributed by atoms with Crippen molar-refractivity contribution in [2.45, 2.75) is 25.6 Å². The van der Waals surface area contributed by atoms with Crippen LogP contribution in [-0.2, 0) is 16.0 Å². The predicted molar refractivity (Wildman–Crippen MR) is 74.1 cm³/mol. The van der Waals surface area contributed by atoms with E-state index in [-0.39, 0.29) is 18.2 Å². The second-order valence-electron chi connectivity index (χ2n) is 3.76. The van der Waals surface area contributed by atoms with Gasteiger partial charge in [0.1, 0.15) is 0 Å². The van der Waals surface area contributed by atoms with Crippen LogP contribution in [0.3, 0.4) is 0 Å². The van der Waals surface area contributed by atoms with Crippen molar-refractivity contribution < 1.29 is 14.3 Å². The number of Topliss-reactive ketones (excluding diaryl/α,β-unsaturated/α-hetero) is 1. The maximum absolute atomic E-state index is 12.0. The molecule has 1 atom stereocenters. The van der Waals surface area contributed by atoms with Crippen molar-refractivity contribution >= 4 is 39.3 Å². The molecule has 0 aromatic heterocycles. The monoisotopic (exact) mass is 332 g/mol. The van der Waals surface area contributed by atoms with Crippen LogP contribution in [0.1, 0.15) is 29.8 Å². The Morgan fingerprint density at radius 3 is 2.67 bits per heavy atom. The predicted octanol–water partition coefficient (Wildman–Crippen LogP) is 3.36. The third kappa shape index (κ3) is 4.10. The quantitative estimate of drug-likeness (QED) is 0.471. The highest BCUT2D eigenvalue weighted by Gasteiger charge is 2.18. The molecule has 0 radical (unpaired) electrons. The van der Waals surface area contributed by atoms with E-state index in [2.05, 4.69) is 15.9 Å². The van der Waals surface area contributed by atoms with Crippen molar-refractivity contribution in [2.75, 3.05) is 6.61 Å². The van der Waals surface area contributed by atoms with Gasteiger partial charge in [0.25, 0.3) is 0 Å². The lowest BCUT2D eigenvalue weighted by Crippen LogP contribution is -2.16. The Morgan fingerprint density at radius 1 is 1.44 bits per heavy atom. The lowest BCUT2D eigenvalue weighted by Gasteiger charge is -2.10. The van der Waals surface area contributed by atoms with Crippen molar-refractivity contribution in [1.29, 1.82) is 0 Å². The summed E-state index contributed by atoms with van der Waals surface area (Å²) in [5, 5.41) is -0.625. The molecule has 0 spiro atoms. The second-order valence-corrected chi connectivity index (χ2v) is 5.33. The number of carbonyl (C=O) groups is 2. The zero-order valence-electron chi connectivity index (χ0n) is 10.2. The largest absolute Gasteiger partial charge is 0.466 e. The Labute approximate surface area is 120 Å². The van der Waals surface area contributed by atoms with Gasteiger partial charge in [-0.1, -0.05) is 22.0 Å². The summed E-state index contributed by atoms with van der Waals surface area (Å²) in [6, 6.07) is 5.19. The van der Waals surface area contributed by atoms with E-state index in [0.29, 0.717) is 17.7 Å². The van der Waals surface area contributed by atoms with Gasteiger partial charge in [-0.15, -0.1) is 11.6 Å². The van der Waals surface area contributed by atoms with Gasteiger partial charge in [-0.2, -0.15) is 0 Å². The van der Waals surface area contributed by atoms with Gasteiger partial charge >= 0.3 is 5.97 Å². The van der Waals surface area contributed by atoms with Crippen LogP contribution >= 0.6 is 27.5 Å². The van der Waals surface area contributed by atoms with E-state index in [9.17, 15) is 9.59 Å². The van der Waals surface area contributed by atoms with E-state index in [1.165, 1.54) is 0 Å². The van der Waals surface area contributed by atoms with Gasteiger partial charge in [0, 0.05) is 10.0 Å². The fourth-order valence-electron chi connectivity index (χ4n) is 1.51. The lowest BCUT2D eigenvalue weighted by molar-refractivity contribution is -0.142. The highest BCUT2D eigenvalue weighted by atomic mass is 79.9. The minimum absolute atomic E-state index is 0.0752. The first kappa shape index (κ1) is 15.2. The number of hydrogen-bond acceptors (Lipinski definition) is 3. The molecule has 18 heavy (non-hydrogen) atoms. The lowest BCUT2D eigenvalue weighted by atomic mass is 9.99. The maximum atomic E-state index is 12.0. The van der Waals surface area contributed by atoms with Crippen LogP contribution in [0, 0.1) is 0 Å². The molecule has 5 heteroatoms. The molecule has 0 aliphatic carbocycles. The second kappa shape index (κ2) is 6.90. The van der Waals surface area contributed by atoms with Crippen LogP contribution in [0.4, 0.5) is 0 Å². The third-order valence-corrected chi connectivity index (χ3v) is 3.03. The molecule has 0 saturated carbocycles. The number of ether oxygens (including phenoxy) is 1. The first-order chi connectivity index (χ1) is 8.45. The number of esters is 1. The molecule has 0 bridgehead atoms. The highest BCUT2D eigenvalue weighted by molar-refractivity contribution is 9.10. The fourth-order valence-corrected chi connectivity index (χ4v) is 1.99. The molecule has 0 aliphatic heterocycles. The Hall–Kier alpha value is -0.870. The van der Waals surface area contributed by atoms with Crippen LogP contribution in [0.2, 0.25) is 0 Å². The minimum atomic E-state index is -0.625. The van der Waals surface area contributed by atoms with E-state index >= 15 is 0 Å². The average molecular weight is 334 g/mol. The average Bonchev–Trinajstić information content (AvgIpc) is 2.30. The Kier molecular flexibility index (Phi) is 5.82. The Bertz CT molecular complexity index is 458. The SMILES string of the molecule is CCOC(=O)Cc1ccc(Br)cc1C(=O)C(C)Cl. The molecule has 0 saturated heterocycles. The summed E-state index contributed by atoms with van der Waals surface area (Å²) in [5.74, 6) is -0.548. The zero-order chi connectivity index (χ0) is 13.7. The van der Waals surface area contributed by atoms with Gasteiger partial charge in [0.2, 0.25) is 0 Å². The minimum Gasteiger partial charge on any atom is -0.466 e. The zero-order valence-corrected chi connectivity index (χ0v) is 12.5. The Morgan fingerprint density at radius 2 is 2.11 bits per heavy atom. The molecule has 0 N–H and O–H groups in total. The number of benzene rings is 1. The molecule has 1 unspecified atom stereocenters. The van der Waals surface area contributed by atoms with Crippen molar-refractivity contribution in [1.82, 2.24) is 0 Å². The summed E-state index contributed by atoms with van der Waals surface area (Å²) in [6.45, 7) is 3.68. The van der Waals surface area contributed by atoms with E-state index in [4.69, 9.17) is 16.3 Å². The number of ketones is 1. The molecule has 0 fully saturated rings. The molecule has 0 amide bonds. The van der Waals surface area contributed by atoms with Crippen molar-refractivity contribution in [3.8, 4) is 0 Å². The molecule has 0 heterocycles. The first-order valence-electron chi connectivity index (χ1n) is 5.58. The van der Waals surface area contributed by atoms with Crippen LogP contribution in [0.5, 0.6) is 0 Å². The van der Waals surface area contributed by atoms with Crippen molar-refractivity contribution in [3.05, 3.63) is 33.8 Å². The summed E-state index contributed by atoms with van der Waals surface area (Å²) in [5.41, 5.74) is 1.09. The topological polar surface area (TPSA) is 43.4 Å². The molecule has 0 aliphatic rings. The number of hydrogen-bond donors (Lipinski definition) is 0. The van der Waals surface area contributed by atoms with Crippen molar-refractivity contribution in [3.63, 3.8) is 0 Å².